The Morgan fingerprint density at radius 3 is 2.31 bits per heavy atom. The number of nitrogens with one attached hydrogen (secondary N) is 1. The highest BCUT2D eigenvalue weighted by Crippen LogP contribution is 2.09. The van der Waals surface area contributed by atoms with Gasteiger partial charge in [-0.25, -0.2) is 0 Å². The van der Waals surface area contributed by atoms with Gasteiger partial charge in [0.15, 0.2) is 5.78 Å². The Balaban J connectivity index is 2.78. The van der Waals surface area contributed by atoms with E-state index < -0.39 is 0 Å². The molecule has 1 unspecified atom stereocenters. The lowest BCUT2D eigenvalue weighted by Gasteiger charge is -2.41. The monoisotopic (exact) mass is 184 g/mol. The molecule has 0 spiro atoms. The quantitative estimate of drug-likeness (QED) is 0.587. The van der Waals surface area contributed by atoms with Gasteiger partial charge in [-0.15, -0.1) is 0 Å². The van der Waals surface area contributed by atoms with E-state index in [2.05, 4.69) is 34.6 Å². The van der Waals surface area contributed by atoms with Gasteiger partial charge in [0.1, 0.15) is 6.04 Å². The molecule has 1 aliphatic heterocycles. The molecule has 0 aromatic carbocycles. The van der Waals surface area contributed by atoms with Crippen molar-refractivity contribution in [3.05, 3.63) is 0 Å². The second kappa shape index (κ2) is 3.41. The highest BCUT2D eigenvalue weighted by molar-refractivity contribution is 5.83. The molecule has 0 aromatic heterocycles. The van der Waals surface area contributed by atoms with E-state index in [1.807, 2.05) is 0 Å². The van der Waals surface area contributed by atoms with Crippen LogP contribution in [0.25, 0.3) is 0 Å². The van der Waals surface area contributed by atoms with Crippen LogP contribution in [-0.2, 0) is 4.79 Å². The lowest BCUT2D eigenvalue weighted by molar-refractivity contribution is -0.965. The van der Waals surface area contributed by atoms with Crippen molar-refractivity contribution in [3.63, 3.8) is 0 Å². The van der Waals surface area contributed by atoms with E-state index in [1.165, 1.54) is 4.90 Å². The molecule has 2 heteroatoms. The lowest BCUT2D eigenvalue weighted by Crippen LogP contribution is -3.24. The van der Waals surface area contributed by atoms with E-state index in [0.717, 1.165) is 13.0 Å². The maximum atomic E-state index is 11.6. The third-order valence-electron chi connectivity index (χ3n) is 3.09. The van der Waals surface area contributed by atoms with Crippen LogP contribution in [0, 0.1) is 5.92 Å². The molecule has 0 bridgehead atoms. The first-order valence-electron chi connectivity index (χ1n) is 5.21. The van der Waals surface area contributed by atoms with Crippen LogP contribution in [0.4, 0.5) is 0 Å². The van der Waals surface area contributed by atoms with Crippen molar-refractivity contribution in [3.8, 4) is 0 Å². The summed E-state index contributed by atoms with van der Waals surface area (Å²) in [5, 5.41) is 0. The van der Waals surface area contributed by atoms with Gasteiger partial charge in [-0.05, 0) is 27.7 Å². The Hall–Kier alpha value is -0.370. The fraction of sp³-hybridized carbons (Fsp3) is 0.909. The third kappa shape index (κ3) is 2.31. The van der Waals surface area contributed by atoms with Crippen molar-refractivity contribution < 1.29 is 9.69 Å². The molecular weight excluding hydrogens is 162 g/mol. The van der Waals surface area contributed by atoms with Crippen LogP contribution in [0.5, 0.6) is 0 Å². The zero-order valence-corrected chi connectivity index (χ0v) is 9.48. The number of carbonyl (C=O) groups is 1. The summed E-state index contributed by atoms with van der Waals surface area (Å²) < 4.78 is 0. The van der Waals surface area contributed by atoms with Crippen molar-refractivity contribution in [1.29, 1.82) is 0 Å². The fourth-order valence-electron chi connectivity index (χ4n) is 2.29. The number of piperidine rings is 1. The lowest BCUT2D eigenvalue weighted by atomic mass is 9.89. The molecule has 1 N–H and O–H groups in total. The van der Waals surface area contributed by atoms with Gasteiger partial charge in [0.05, 0.1) is 12.1 Å². The van der Waals surface area contributed by atoms with E-state index in [-0.39, 0.29) is 11.6 Å². The zero-order chi connectivity index (χ0) is 10.2. The molecule has 1 aliphatic rings. The smallest absolute Gasteiger partial charge is 0.190 e. The molecule has 0 saturated carbocycles. The Bertz CT molecular complexity index is 205. The largest absolute Gasteiger partial charge is 0.322 e. The minimum atomic E-state index is 0.191. The van der Waals surface area contributed by atoms with Gasteiger partial charge >= 0.3 is 0 Å². The van der Waals surface area contributed by atoms with Crippen LogP contribution in [0.15, 0.2) is 0 Å². The molecule has 2 nitrogen and oxygen atoms in total. The molecule has 0 amide bonds. The topological polar surface area (TPSA) is 21.5 Å². The number of rotatable bonds is 0. The van der Waals surface area contributed by atoms with Gasteiger partial charge in [0.25, 0.3) is 0 Å². The molecule has 0 aromatic rings. The van der Waals surface area contributed by atoms with Crippen LogP contribution in [0.2, 0.25) is 0 Å². The second-order valence-electron chi connectivity index (χ2n) is 5.48. The maximum absolute atomic E-state index is 11.6. The van der Waals surface area contributed by atoms with E-state index in [1.54, 1.807) is 0 Å². The summed E-state index contributed by atoms with van der Waals surface area (Å²) >= 11 is 0. The average molecular weight is 184 g/mol. The normalized spacial score (nSPS) is 36.4. The zero-order valence-electron chi connectivity index (χ0n) is 9.48. The van der Waals surface area contributed by atoms with Crippen molar-refractivity contribution in [2.45, 2.75) is 52.6 Å². The van der Waals surface area contributed by atoms with Gasteiger partial charge in [0.2, 0.25) is 0 Å². The maximum Gasteiger partial charge on any atom is 0.190 e. The molecular formula is C11H22NO+. The first-order chi connectivity index (χ1) is 5.82. The summed E-state index contributed by atoms with van der Waals surface area (Å²) in [6, 6.07) is 0.191. The average Bonchev–Trinajstić information content (AvgIpc) is 1.94. The second-order valence-corrected chi connectivity index (χ2v) is 5.48. The fourth-order valence-corrected chi connectivity index (χ4v) is 2.29. The number of likely N-dealkylation sites (tertiary alicyclic amines) is 1. The number of hydrogen-bond acceptors (Lipinski definition) is 1. The molecule has 1 heterocycles. The van der Waals surface area contributed by atoms with E-state index >= 15 is 0 Å². The Labute approximate surface area is 81.3 Å². The highest BCUT2D eigenvalue weighted by atomic mass is 16.1. The molecule has 0 aliphatic carbocycles. The van der Waals surface area contributed by atoms with Crippen LogP contribution < -0.4 is 4.90 Å². The Morgan fingerprint density at radius 1 is 1.31 bits per heavy atom. The van der Waals surface area contributed by atoms with Crippen LogP contribution >= 0.6 is 0 Å². The first-order valence-corrected chi connectivity index (χ1v) is 5.21. The van der Waals surface area contributed by atoms with Gasteiger partial charge in [-0.1, -0.05) is 6.92 Å². The minimum Gasteiger partial charge on any atom is -0.322 e. The van der Waals surface area contributed by atoms with Gasteiger partial charge in [-0.3, -0.25) is 4.79 Å². The van der Waals surface area contributed by atoms with Gasteiger partial charge in [0, 0.05) is 12.3 Å². The summed E-state index contributed by atoms with van der Waals surface area (Å²) in [6.45, 7) is 12.0. The van der Waals surface area contributed by atoms with Crippen LogP contribution in [0.3, 0.4) is 0 Å². The van der Waals surface area contributed by atoms with E-state index in [4.69, 9.17) is 0 Å². The Kier molecular flexibility index (Phi) is 2.81. The molecule has 76 valence electrons. The summed E-state index contributed by atoms with van der Waals surface area (Å²) in [5.74, 6) is 0.988. The number of quaternary nitrogens is 1. The molecule has 13 heavy (non-hydrogen) atoms. The molecule has 1 rings (SSSR count). The highest BCUT2D eigenvalue weighted by Gasteiger charge is 2.39. The summed E-state index contributed by atoms with van der Waals surface area (Å²) in [6.07, 6.45) is 0.779. The molecule has 1 saturated heterocycles. The Morgan fingerprint density at radius 2 is 1.85 bits per heavy atom. The van der Waals surface area contributed by atoms with E-state index in [9.17, 15) is 4.79 Å². The summed E-state index contributed by atoms with van der Waals surface area (Å²) in [4.78, 5) is 13.1. The number of Topliss-reactive ketones (excluding diaryl/α,β-unsaturated/α-hetero) is 1. The van der Waals surface area contributed by atoms with Crippen molar-refractivity contribution in [2.24, 2.45) is 5.92 Å². The third-order valence-corrected chi connectivity index (χ3v) is 3.09. The van der Waals surface area contributed by atoms with Crippen molar-refractivity contribution in [1.82, 2.24) is 0 Å². The van der Waals surface area contributed by atoms with Gasteiger partial charge in [-0.2, -0.15) is 0 Å². The van der Waals surface area contributed by atoms with Crippen LogP contribution in [0.1, 0.15) is 41.0 Å². The van der Waals surface area contributed by atoms with Crippen LogP contribution in [-0.4, -0.2) is 23.9 Å². The number of hydrogen-bond donors (Lipinski definition) is 1. The SMILES string of the molecule is C[C@@H]1CC(=O)[C@H](C)[NH+](C(C)(C)C)C1. The van der Waals surface area contributed by atoms with E-state index in [0.29, 0.717) is 11.7 Å². The first kappa shape index (κ1) is 10.7. The molecule has 0 radical (unpaired) electrons. The summed E-state index contributed by atoms with van der Waals surface area (Å²) in [7, 11) is 0. The van der Waals surface area contributed by atoms with Gasteiger partial charge < -0.3 is 4.90 Å². The summed E-state index contributed by atoms with van der Waals surface area (Å²) in [5.41, 5.74) is 0.198. The molecule has 3 atom stereocenters. The van der Waals surface area contributed by atoms with Crippen molar-refractivity contribution in [2.75, 3.05) is 6.54 Å². The standard InChI is InChI=1S/C11H21NO/c1-8-6-10(13)9(2)12(7-8)11(3,4)5/h8-9H,6-7H2,1-5H3/p+1/t8-,9+/m1/s1. The predicted molar refractivity (Wildman–Crippen MR) is 53.8 cm³/mol. The van der Waals surface area contributed by atoms with Crippen molar-refractivity contribution >= 4 is 5.78 Å². The molecule has 1 fully saturated rings. The predicted octanol–water partition coefficient (Wildman–Crippen LogP) is 0.667. The minimum absolute atomic E-state index is 0.191. The number of carbonyl (C=O) groups excluding carboxylic acids is 1. The number of ketones is 1.